The Hall–Kier alpha value is -1.75. The van der Waals surface area contributed by atoms with E-state index in [1.807, 2.05) is 13.1 Å². The summed E-state index contributed by atoms with van der Waals surface area (Å²) < 4.78 is 11.6. The summed E-state index contributed by atoms with van der Waals surface area (Å²) in [4.78, 5) is 6.81. The predicted molar refractivity (Wildman–Crippen MR) is 101 cm³/mol. The van der Waals surface area contributed by atoms with Gasteiger partial charge >= 0.3 is 0 Å². The topological polar surface area (TPSA) is 46.1 Å². The molecule has 5 heteroatoms. The van der Waals surface area contributed by atoms with Gasteiger partial charge in [0.1, 0.15) is 12.4 Å². The number of guanidine groups is 1. The van der Waals surface area contributed by atoms with Crippen LogP contribution in [0.2, 0.25) is 0 Å². The van der Waals surface area contributed by atoms with Crippen LogP contribution < -0.4 is 10.1 Å². The second kappa shape index (κ2) is 8.09. The van der Waals surface area contributed by atoms with E-state index in [1.54, 1.807) is 0 Å². The first-order chi connectivity index (χ1) is 12.1. The minimum Gasteiger partial charge on any atom is -0.491 e. The predicted octanol–water partition coefficient (Wildman–Crippen LogP) is 2.88. The van der Waals surface area contributed by atoms with Crippen LogP contribution in [0.4, 0.5) is 0 Å². The van der Waals surface area contributed by atoms with Crippen LogP contribution in [0.15, 0.2) is 29.3 Å². The number of hydrogen-bond acceptors (Lipinski definition) is 3. The van der Waals surface area contributed by atoms with E-state index in [1.165, 1.54) is 18.4 Å². The van der Waals surface area contributed by atoms with E-state index in [4.69, 9.17) is 9.47 Å². The zero-order valence-electron chi connectivity index (χ0n) is 15.8. The number of rotatable bonds is 5. The molecule has 2 saturated heterocycles. The average Bonchev–Trinajstić information content (AvgIpc) is 3.25. The van der Waals surface area contributed by atoms with Gasteiger partial charge in [-0.25, -0.2) is 0 Å². The monoisotopic (exact) mass is 345 g/mol. The van der Waals surface area contributed by atoms with Crippen LogP contribution >= 0.6 is 0 Å². The molecule has 3 rings (SSSR count). The van der Waals surface area contributed by atoms with Crippen molar-refractivity contribution < 1.29 is 9.47 Å². The van der Waals surface area contributed by atoms with Crippen molar-refractivity contribution in [3.05, 3.63) is 29.8 Å². The van der Waals surface area contributed by atoms with Crippen molar-refractivity contribution in [1.82, 2.24) is 10.2 Å². The van der Waals surface area contributed by atoms with Crippen molar-refractivity contribution in [2.24, 2.45) is 10.4 Å². The molecule has 25 heavy (non-hydrogen) atoms. The molecule has 0 aliphatic carbocycles. The molecular formula is C20H31N3O2. The molecule has 5 nitrogen and oxygen atoms in total. The van der Waals surface area contributed by atoms with Gasteiger partial charge in [0.15, 0.2) is 5.96 Å². The van der Waals surface area contributed by atoms with E-state index >= 15 is 0 Å². The molecule has 1 unspecified atom stereocenters. The number of nitrogens with zero attached hydrogens (tertiary/aromatic N) is 2. The summed E-state index contributed by atoms with van der Waals surface area (Å²) in [7, 11) is 1.85. The van der Waals surface area contributed by atoms with Crippen molar-refractivity contribution >= 4 is 5.96 Å². The minimum atomic E-state index is 0.352. The highest BCUT2D eigenvalue weighted by Crippen LogP contribution is 2.38. The van der Waals surface area contributed by atoms with Gasteiger partial charge in [0.05, 0.1) is 13.2 Å². The van der Waals surface area contributed by atoms with Gasteiger partial charge in [-0.2, -0.15) is 0 Å². The molecule has 1 atom stereocenters. The van der Waals surface area contributed by atoms with E-state index in [2.05, 4.69) is 47.3 Å². The lowest BCUT2D eigenvalue weighted by Crippen LogP contribution is -2.42. The Balaban J connectivity index is 1.47. The third kappa shape index (κ3) is 4.27. The third-order valence-corrected chi connectivity index (χ3v) is 5.32. The van der Waals surface area contributed by atoms with E-state index in [0.29, 0.717) is 17.9 Å². The maximum Gasteiger partial charge on any atom is 0.193 e. The number of aliphatic imine (C=N–C) groups is 1. The van der Waals surface area contributed by atoms with E-state index in [0.717, 1.165) is 44.6 Å². The SMILES string of the molecule is CN=C(NCCOc1ccccc1C(C)C)N1CCC2(CCOC2)C1. The summed E-state index contributed by atoms with van der Waals surface area (Å²) >= 11 is 0. The van der Waals surface area contributed by atoms with Crippen molar-refractivity contribution in [2.45, 2.75) is 32.6 Å². The molecule has 0 radical (unpaired) electrons. The van der Waals surface area contributed by atoms with Gasteiger partial charge in [0.25, 0.3) is 0 Å². The van der Waals surface area contributed by atoms with Crippen molar-refractivity contribution in [1.29, 1.82) is 0 Å². The van der Waals surface area contributed by atoms with Crippen molar-refractivity contribution in [2.75, 3.05) is 46.5 Å². The second-order valence-electron chi connectivity index (χ2n) is 7.49. The Morgan fingerprint density at radius 1 is 1.36 bits per heavy atom. The van der Waals surface area contributed by atoms with Gasteiger partial charge in [0.2, 0.25) is 0 Å². The van der Waals surface area contributed by atoms with E-state index < -0.39 is 0 Å². The molecule has 138 valence electrons. The largest absolute Gasteiger partial charge is 0.491 e. The standard InChI is InChI=1S/C20H31N3O2/c1-16(2)17-6-4-5-7-18(17)25-13-10-22-19(21-3)23-11-8-20(14-23)9-12-24-15-20/h4-7,16H,8-15H2,1-3H3,(H,21,22). The van der Waals surface area contributed by atoms with Crippen LogP contribution in [0.5, 0.6) is 5.75 Å². The van der Waals surface area contributed by atoms with Crippen LogP contribution in [0, 0.1) is 5.41 Å². The first kappa shape index (κ1) is 18.1. The minimum absolute atomic E-state index is 0.352. The Kier molecular flexibility index (Phi) is 5.84. The molecule has 0 bridgehead atoms. The molecule has 2 fully saturated rings. The molecule has 0 aromatic heterocycles. The number of para-hydroxylation sites is 1. The fraction of sp³-hybridized carbons (Fsp3) is 0.650. The van der Waals surface area contributed by atoms with Gasteiger partial charge in [-0.3, -0.25) is 4.99 Å². The molecule has 2 aliphatic rings. The molecule has 0 saturated carbocycles. The lowest BCUT2D eigenvalue weighted by molar-refractivity contribution is 0.156. The average molecular weight is 345 g/mol. The number of hydrogen-bond donors (Lipinski definition) is 1. The smallest absolute Gasteiger partial charge is 0.193 e. The van der Waals surface area contributed by atoms with Crippen LogP contribution in [0.3, 0.4) is 0 Å². The lowest BCUT2D eigenvalue weighted by Gasteiger charge is -2.25. The number of benzene rings is 1. The molecule has 2 aliphatic heterocycles. The Morgan fingerprint density at radius 3 is 2.92 bits per heavy atom. The summed E-state index contributed by atoms with van der Waals surface area (Å²) in [5.74, 6) is 2.42. The summed E-state index contributed by atoms with van der Waals surface area (Å²) in [6.45, 7) is 9.67. The fourth-order valence-corrected chi connectivity index (χ4v) is 3.83. The Labute approximate surface area is 151 Å². The Bertz CT molecular complexity index is 594. The van der Waals surface area contributed by atoms with Gasteiger partial charge in [-0.05, 0) is 30.4 Å². The maximum absolute atomic E-state index is 5.99. The third-order valence-electron chi connectivity index (χ3n) is 5.32. The lowest BCUT2D eigenvalue weighted by atomic mass is 9.87. The fourth-order valence-electron chi connectivity index (χ4n) is 3.83. The quantitative estimate of drug-likeness (QED) is 0.506. The maximum atomic E-state index is 5.99. The zero-order valence-corrected chi connectivity index (χ0v) is 15.8. The summed E-state index contributed by atoms with van der Waals surface area (Å²) in [5.41, 5.74) is 1.61. The Morgan fingerprint density at radius 2 is 2.20 bits per heavy atom. The zero-order chi connectivity index (χ0) is 17.7. The van der Waals surface area contributed by atoms with Gasteiger partial charge in [0, 0.05) is 32.2 Å². The molecule has 0 amide bonds. The van der Waals surface area contributed by atoms with E-state index in [-0.39, 0.29) is 0 Å². The number of likely N-dealkylation sites (tertiary alicyclic amines) is 1. The summed E-state index contributed by atoms with van der Waals surface area (Å²) in [6.07, 6.45) is 2.38. The molecule has 1 aromatic carbocycles. The second-order valence-corrected chi connectivity index (χ2v) is 7.49. The van der Waals surface area contributed by atoms with Crippen LogP contribution in [-0.2, 0) is 4.74 Å². The molecule has 1 N–H and O–H groups in total. The van der Waals surface area contributed by atoms with E-state index in [9.17, 15) is 0 Å². The number of ether oxygens (including phenoxy) is 2. The van der Waals surface area contributed by atoms with Crippen LogP contribution in [-0.4, -0.2) is 57.4 Å². The van der Waals surface area contributed by atoms with Crippen LogP contribution in [0.25, 0.3) is 0 Å². The first-order valence-corrected chi connectivity index (χ1v) is 9.39. The molecule has 2 heterocycles. The molecule has 1 spiro atoms. The number of nitrogens with one attached hydrogen (secondary N) is 1. The molecular weight excluding hydrogens is 314 g/mol. The highest BCUT2D eigenvalue weighted by molar-refractivity contribution is 5.80. The first-order valence-electron chi connectivity index (χ1n) is 9.39. The van der Waals surface area contributed by atoms with Crippen molar-refractivity contribution in [3.63, 3.8) is 0 Å². The highest BCUT2D eigenvalue weighted by atomic mass is 16.5. The highest BCUT2D eigenvalue weighted by Gasteiger charge is 2.42. The molecule has 1 aromatic rings. The van der Waals surface area contributed by atoms with Crippen molar-refractivity contribution in [3.8, 4) is 5.75 Å². The van der Waals surface area contributed by atoms with Gasteiger partial charge in [-0.15, -0.1) is 0 Å². The summed E-state index contributed by atoms with van der Waals surface area (Å²) in [5, 5.41) is 3.45. The van der Waals surface area contributed by atoms with Gasteiger partial charge in [-0.1, -0.05) is 32.0 Å². The summed E-state index contributed by atoms with van der Waals surface area (Å²) in [6, 6.07) is 8.29. The van der Waals surface area contributed by atoms with Gasteiger partial charge < -0.3 is 19.7 Å². The normalized spacial score (nSPS) is 23.7. The van der Waals surface area contributed by atoms with Crippen LogP contribution in [0.1, 0.15) is 38.2 Å².